The second kappa shape index (κ2) is 7.68. The summed E-state index contributed by atoms with van der Waals surface area (Å²) in [5.41, 5.74) is -2.20. The van der Waals surface area contributed by atoms with Gasteiger partial charge in [0, 0.05) is 38.0 Å². The predicted molar refractivity (Wildman–Crippen MR) is 119 cm³/mol. The number of nitriles is 3. The van der Waals surface area contributed by atoms with Crippen molar-refractivity contribution in [1.29, 1.82) is 21.2 Å². The Bertz CT molecular complexity index is 1110. The molecule has 2 bridgehead atoms. The van der Waals surface area contributed by atoms with Crippen molar-refractivity contribution >= 4 is 11.6 Å². The first kappa shape index (κ1) is 22.6. The molecule has 3 heterocycles. The number of ether oxygens (including phenoxy) is 4. The highest BCUT2D eigenvalue weighted by Crippen LogP contribution is 2.70. The molecule has 0 radical (unpaired) electrons. The lowest BCUT2D eigenvalue weighted by Crippen LogP contribution is -2.63. The summed E-state index contributed by atoms with van der Waals surface area (Å²) in [6.45, 7) is 6.69. The van der Waals surface area contributed by atoms with Crippen molar-refractivity contribution in [2.75, 3.05) is 31.2 Å². The number of hydrogen-bond acceptors (Lipinski definition) is 9. The summed E-state index contributed by atoms with van der Waals surface area (Å²) in [5.74, 6) is -3.36. The van der Waals surface area contributed by atoms with E-state index in [-0.39, 0.29) is 12.3 Å². The predicted octanol–water partition coefficient (Wildman–Crippen LogP) is 3.39. The van der Waals surface area contributed by atoms with Gasteiger partial charge in [-0.25, -0.2) is 0 Å². The average Bonchev–Trinajstić information content (AvgIpc) is 3.39. The van der Waals surface area contributed by atoms with Gasteiger partial charge in [0.1, 0.15) is 6.10 Å². The van der Waals surface area contributed by atoms with E-state index in [0.29, 0.717) is 31.6 Å². The SMILES string of the molecule is CCN(CC)c1ccc(C2OC34CCC5(CC3C(C#N)(C(=N)O4)C2(C#N)C#N)OCCO5)cc1. The zero-order valence-electron chi connectivity index (χ0n) is 19.3. The van der Waals surface area contributed by atoms with Crippen molar-refractivity contribution in [3.8, 4) is 18.2 Å². The highest BCUT2D eigenvalue weighted by atomic mass is 16.7. The van der Waals surface area contributed by atoms with E-state index in [1.807, 2.05) is 24.3 Å². The van der Waals surface area contributed by atoms with Crippen molar-refractivity contribution in [2.24, 2.45) is 16.7 Å². The molecule has 5 rings (SSSR count). The van der Waals surface area contributed by atoms with Crippen LogP contribution in [-0.4, -0.2) is 43.8 Å². The van der Waals surface area contributed by atoms with E-state index in [2.05, 4.69) is 37.0 Å². The lowest BCUT2D eigenvalue weighted by molar-refractivity contribution is -0.330. The quantitative estimate of drug-likeness (QED) is 0.721. The molecule has 4 unspecified atom stereocenters. The maximum absolute atomic E-state index is 10.5. The monoisotopic (exact) mass is 461 g/mol. The second-order valence-corrected chi connectivity index (χ2v) is 9.32. The Labute approximate surface area is 198 Å². The lowest BCUT2D eigenvalue weighted by atomic mass is 9.51. The van der Waals surface area contributed by atoms with E-state index < -0.39 is 34.4 Å². The Morgan fingerprint density at radius 3 is 2.21 bits per heavy atom. The van der Waals surface area contributed by atoms with Crippen LogP contribution >= 0.6 is 0 Å². The van der Waals surface area contributed by atoms with E-state index in [4.69, 9.17) is 24.4 Å². The lowest BCUT2D eigenvalue weighted by Gasteiger charge is -2.54. The van der Waals surface area contributed by atoms with Crippen LogP contribution in [0.1, 0.15) is 44.8 Å². The molecule has 3 aliphatic heterocycles. The van der Waals surface area contributed by atoms with E-state index in [1.54, 1.807) is 0 Å². The summed E-state index contributed by atoms with van der Waals surface area (Å²) >= 11 is 0. The highest BCUT2D eigenvalue weighted by Gasteiger charge is 2.82. The molecule has 1 aromatic rings. The summed E-state index contributed by atoms with van der Waals surface area (Å²) in [7, 11) is 0. The van der Waals surface area contributed by atoms with Gasteiger partial charge in [0.05, 0.1) is 37.3 Å². The van der Waals surface area contributed by atoms with Crippen LogP contribution in [0.2, 0.25) is 0 Å². The molecule has 4 fully saturated rings. The molecule has 1 N–H and O–H groups in total. The molecule has 0 aromatic heterocycles. The molecule has 4 aliphatic rings. The molecule has 4 atom stereocenters. The molecule has 1 saturated carbocycles. The smallest absolute Gasteiger partial charge is 0.218 e. The topological polar surface area (TPSA) is 135 Å². The third-order valence-electron chi connectivity index (χ3n) is 8.06. The zero-order valence-corrected chi connectivity index (χ0v) is 19.3. The Hall–Kier alpha value is -3.16. The fourth-order valence-corrected chi connectivity index (χ4v) is 6.30. The minimum atomic E-state index is -1.99. The van der Waals surface area contributed by atoms with Crippen LogP contribution in [0, 0.1) is 56.2 Å². The summed E-state index contributed by atoms with van der Waals surface area (Å²) in [6, 6.07) is 14.0. The van der Waals surface area contributed by atoms with Gasteiger partial charge in [-0.3, -0.25) is 5.41 Å². The van der Waals surface area contributed by atoms with Gasteiger partial charge in [-0.15, -0.1) is 0 Å². The first-order valence-electron chi connectivity index (χ1n) is 11.7. The van der Waals surface area contributed by atoms with Crippen molar-refractivity contribution in [1.82, 2.24) is 0 Å². The largest absolute Gasteiger partial charge is 0.447 e. The summed E-state index contributed by atoms with van der Waals surface area (Å²) in [4.78, 5) is 2.18. The molecule has 0 amide bonds. The van der Waals surface area contributed by atoms with Crippen LogP contribution < -0.4 is 4.90 Å². The fourth-order valence-electron chi connectivity index (χ4n) is 6.30. The van der Waals surface area contributed by atoms with E-state index in [0.717, 1.165) is 18.8 Å². The number of benzene rings is 1. The number of nitrogens with one attached hydrogen (secondary N) is 1. The number of anilines is 1. The zero-order chi connectivity index (χ0) is 24.2. The van der Waals surface area contributed by atoms with Gasteiger partial charge in [-0.2, -0.15) is 15.8 Å². The van der Waals surface area contributed by atoms with Crippen LogP contribution in [0.25, 0.3) is 0 Å². The van der Waals surface area contributed by atoms with Crippen LogP contribution in [0.4, 0.5) is 5.69 Å². The molecular weight excluding hydrogens is 434 g/mol. The molecule has 176 valence electrons. The molecule has 34 heavy (non-hydrogen) atoms. The third-order valence-corrected chi connectivity index (χ3v) is 8.06. The molecular formula is C25H27N5O4. The molecule has 1 spiro atoms. The van der Waals surface area contributed by atoms with Crippen molar-refractivity contribution in [2.45, 2.75) is 50.8 Å². The Kier molecular flexibility index (Phi) is 5.11. The Balaban J connectivity index is 1.63. The normalized spacial score (nSPS) is 34.4. The van der Waals surface area contributed by atoms with Crippen molar-refractivity contribution < 1.29 is 18.9 Å². The summed E-state index contributed by atoms with van der Waals surface area (Å²) in [6.07, 6.45) is -0.0594. The van der Waals surface area contributed by atoms with Gasteiger partial charge >= 0.3 is 0 Å². The van der Waals surface area contributed by atoms with Gasteiger partial charge in [0.25, 0.3) is 0 Å². The van der Waals surface area contributed by atoms with Crippen molar-refractivity contribution in [3.05, 3.63) is 29.8 Å². The van der Waals surface area contributed by atoms with Crippen LogP contribution in [0.3, 0.4) is 0 Å². The molecule has 9 nitrogen and oxygen atoms in total. The Morgan fingerprint density at radius 1 is 1.00 bits per heavy atom. The highest BCUT2D eigenvalue weighted by molar-refractivity contribution is 5.89. The number of rotatable bonds is 4. The minimum Gasteiger partial charge on any atom is -0.447 e. The molecule has 9 heteroatoms. The third kappa shape index (κ3) is 2.65. The number of nitrogens with zero attached hydrogens (tertiary/aromatic N) is 4. The van der Waals surface area contributed by atoms with E-state index in [9.17, 15) is 15.8 Å². The standard InChI is InChI=1S/C25H27N5O4/c1-3-30(4-2)18-7-5-17(6-8-18)20-22(14-26,15-27)24(16-28)19-13-23(31-11-12-32-23)9-10-25(19,33-20)34-21(24)29/h5-8,19-20,29H,3-4,9-13H2,1-2H3. The minimum absolute atomic E-state index is 0.210. The maximum atomic E-state index is 10.5. The van der Waals surface area contributed by atoms with Gasteiger partial charge in [-0.05, 0) is 31.5 Å². The van der Waals surface area contributed by atoms with Gasteiger partial charge in [0.2, 0.25) is 17.1 Å². The molecule has 1 aliphatic carbocycles. The second-order valence-electron chi connectivity index (χ2n) is 9.32. The van der Waals surface area contributed by atoms with Crippen LogP contribution in [0.5, 0.6) is 0 Å². The summed E-state index contributed by atoms with van der Waals surface area (Å²) in [5, 5.41) is 40.1. The van der Waals surface area contributed by atoms with Crippen molar-refractivity contribution in [3.63, 3.8) is 0 Å². The molecule has 1 aromatic carbocycles. The Morgan fingerprint density at radius 2 is 1.65 bits per heavy atom. The van der Waals surface area contributed by atoms with Crippen LogP contribution in [-0.2, 0) is 18.9 Å². The maximum Gasteiger partial charge on any atom is 0.218 e. The average molecular weight is 462 g/mol. The van der Waals surface area contributed by atoms with E-state index >= 15 is 0 Å². The van der Waals surface area contributed by atoms with Crippen LogP contribution in [0.15, 0.2) is 24.3 Å². The van der Waals surface area contributed by atoms with Gasteiger partial charge < -0.3 is 23.8 Å². The fraction of sp³-hybridized carbons (Fsp3) is 0.600. The molecule has 3 saturated heterocycles. The van der Waals surface area contributed by atoms with E-state index in [1.165, 1.54) is 0 Å². The first-order chi connectivity index (χ1) is 16.4. The summed E-state index contributed by atoms with van der Waals surface area (Å²) < 4.78 is 24.3. The number of hydrogen-bond donors (Lipinski definition) is 1. The first-order valence-corrected chi connectivity index (χ1v) is 11.7. The van der Waals surface area contributed by atoms with Gasteiger partial charge in [-0.1, -0.05) is 12.1 Å². The van der Waals surface area contributed by atoms with Gasteiger partial charge in [0.15, 0.2) is 11.2 Å².